The van der Waals surface area contributed by atoms with Gasteiger partial charge in [-0.25, -0.2) is 9.97 Å². The van der Waals surface area contributed by atoms with Gasteiger partial charge < -0.3 is 10.2 Å². The van der Waals surface area contributed by atoms with Crippen molar-refractivity contribution in [1.82, 2.24) is 9.97 Å². The van der Waals surface area contributed by atoms with Gasteiger partial charge in [-0.2, -0.15) is 0 Å². The maximum atomic E-state index is 4.56. The minimum Gasteiger partial charge on any atom is -0.360 e. The van der Waals surface area contributed by atoms with Crippen molar-refractivity contribution in [3.63, 3.8) is 0 Å². The van der Waals surface area contributed by atoms with Gasteiger partial charge in [0.25, 0.3) is 0 Å². The Balaban J connectivity index is 2.29. The third-order valence-electron chi connectivity index (χ3n) is 3.99. The maximum Gasteiger partial charge on any atom is 0.136 e. The molecule has 0 fully saturated rings. The lowest BCUT2D eigenvalue weighted by atomic mass is 10.1. The Morgan fingerprint density at radius 1 is 1.00 bits per heavy atom. The highest BCUT2D eigenvalue weighted by Crippen LogP contribution is 2.26. The van der Waals surface area contributed by atoms with E-state index in [0.29, 0.717) is 0 Å². The molecule has 1 aromatic carbocycles. The highest BCUT2D eigenvalue weighted by molar-refractivity contribution is 5.66. The van der Waals surface area contributed by atoms with E-state index in [1.807, 2.05) is 13.0 Å². The molecule has 0 spiro atoms. The van der Waals surface area contributed by atoms with Crippen LogP contribution in [0.5, 0.6) is 0 Å². The van der Waals surface area contributed by atoms with Gasteiger partial charge in [-0.05, 0) is 45.2 Å². The summed E-state index contributed by atoms with van der Waals surface area (Å²) in [5.41, 5.74) is 4.89. The van der Waals surface area contributed by atoms with Crippen molar-refractivity contribution < 1.29 is 0 Å². The Bertz CT molecular complexity index is 656. The molecule has 0 radical (unpaired) electrons. The van der Waals surface area contributed by atoms with Crippen LogP contribution in [0.4, 0.5) is 17.3 Å². The predicted molar refractivity (Wildman–Crippen MR) is 98.9 cm³/mol. The molecule has 0 amide bonds. The quantitative estimate of drug-likeness (QED) is 0.840. The summed E-state index contributed by atoms with van der Waals surface area (Å²) < 4.78 is 0. The number of anilines is 3. The molecule has 0 aliphatic carbocycles. The van der Waals surface area contributed by atoms with Gasteiger partial charge in [0.2, 0.25) is 0 Å². The number of hydrogen-bond acceptors (Lipinski definition) is 4. The normalized spacial score (nSPS) is 10.7. The molecule has 0 bridgehead atoms. The molecule has 23 heavy (non-hydrogen) atoms. The Morgan fingerprint density at radius 3 is 2.26 bits per heavy atom. The van der Waals surface area contributed by atoms with E-state index >= 15 is 0 Å². The molecule has 1 aromatic heterocycles. The molecular formula is C19H28N4. The third-order valence-corrected chi connectivity index (χ3v) is 3.99. The van der Waals surface area contributed by atoms with Crippen molar-refractivity contribution >= 4 is 17.3 Å². The monoisotopic (exact) mass is 312 g/mol. The Kier molecular flexibility index (Phi) is 5.59. The van der Waals surface area contributed by atoms with E-state index in [2.05, 4.69) is 67.1 Å². The molecule has 0 saturated heterocycles. The molecule has 0 unspecified atom stereocenters. The second-order valence-electron chi connectivity index (χ2n) is 6.33. The topological polar surface area (TPSA) is 41.0 Å². The molecule has 4 nitrogen and oxygen atoms in total. The van der Waals surface area contributed by atoms with E-state index in [9.17, 15) is 0 Å². The Morgan fingerprint density at radius 2 is 1.65 bits per heavy atom. The fraction of sp³-hybridized carbons (Fsp3) is 0.474. The van der Waals surface area contributed by atoms with Crippen LogP contribution in [-0.4, -0.2) is 23.6 Å². The molecule has 0 saturated carbocycles. The summed E-state index contributed by atoms with van der Waals surface area (Å²) in [4.78, 5) is 11.3. The molecular weight excluding hydrogens is 284 g/mol. The number of hydrogen-bond donors (Lipinski definition) is 1. The first-order chi connectivity index (χ1) is 10.9. The SMILES string of the molecule is CCCCN(C)c1cc(Nc2c(C)cc(C)cc2C)nc(C)n1. The first-order valence-electron chi connectivity index (χ1n) is 8.32. The first kappa shape index (κ1) is 17.3. The van der Waals surface area contributed by atoms with Gasteiger partial charge in [-0.1, -0.05) is 31.0 Å². The summed E-state index contributed by atoms with van der Waals surface area (Å²) in [5.74, 6) is 2.61. The largest absolute Gasteiger partial charge is 0.360 e. The summed E-state index contributed by atoms with van der Waals surface area (Å²) in [6, 6.07) is 6.41. The minimum atomic E-state index is 0.788. The number of nitrogens with one attached hydrogen (secondary N) is 1. The summed E-state index contributed by atoms with van der Waals surface area (Å²) >= 11 is 0. The van der Waals surface area contributed by atoms with Gasteiger partial charge in [0.1, 0.15) is 17.5 Å². The number of aromatic nitrogens is 2. The maximum absolute atomic E-state index is 4.56. The minimum absolute atomic E-state index is 0.788. The fourth-order valence-corrected chi connectivity index (χ4v) is 2.83. The highest BCUT2D eigenvalue weighted by Gasteiger charge is 2.09. The standard InChI is InChI=1S/C19H28N4/c1-7-8-9-23(6)18-12-17(20-16(5)21-18)22-19-14(3)10-13(2)11-15(19)4/h10-12H,7-9H2,1-6H3,(H,20,21,22). The number of benzene rings is 1. The van der Waals surface area contributed by atoms with Crippen molar-refractivity contribution in [1.29, 1.82) is 0 Å². The summed E-state index contributed by atoms with van der Waals surface area (Å²) in [7, 11) is 2.09. The Hall–Kier alpha value is -2.10. The molecule has 0 aliphatic rings. The van der Waals surface area contributed by atoms with Crippen molar-refractivity contribution in [2.75, 3.05) is 23.8 Å². The summed E-state index contributed by atoms with van der Waals surface area (Å²) in [6.07, 6.45) is 2.35. The number of rotatable bonds is 6. The molecule has 1 heterocycles. The molecule has 124 valence electrons. The van der Waals surface area contributed by atoms with E-state index in [0.717, 1.165) is 29.7 Å². The van der Waals surface area contributed by atoms with Crippen LogP contribution in [0.2, 0.25) is 0 Å². The molecule has 2 aromatic rings. The van der Waals surface area contributed by atoms with E-state index in [4.69, 9.17) is 0 Å². The average molecular weight is 312 g/mol. The van der Waals surface area contributed by atoms with Gasteiger partial charge in [-0.15, -0.1) is 0 Å². The zero-order valence-corrected chi connectivity index (χ0v) is 15.2. The van der Waals surface area contributed by atoms with Crippen molar-refractivity contribution in [3.05, 3.63) is 40.7 Å². The zero-order valence-electron chi connectivity index (χ0n) is 15.2. The number of unbranched alkanes of at least 4 members (excludes halogenated alkanes) is 1. The van der Waals surface area contributed by atoms with E-state index in [-0.39, 0.29) is 0 Å². The van der Waals surface area contributed by atoms with Crippen LogP contribution in [-0.2, 0) is 0 Å². The number of aryl methyl sites for hydroxylation is 4. The highest BCUT2D eigenvalue weighted by atomic mass is 15.2. The second kappa shape index (κ2) is 7.44. The van der Waals surface area contributed by atoms with Crippen molar-refractivity contribution in [3.8, 4) is 0 Å². The van der Waals surface area contributed by atoms with E-state index < -0.39 is 0 Å². The van der Waals surface area contributed by atoms with E-state index in [1.165, 1.54) is 29.5 Å². The molecule has 2 rings (SSSR count). The van der Waals surface area contributed by atoms with Crippen LogP contribution >= 0.6 is 0 Å². The van der Waals surface area contributed by atoms with Crippen LogP contribution in [0.15, 0.2) is 18.2 Å². The van der Waals surface area contributed by atoms with Crippen LogP contribution in [0, 0.1) is 27.7 Å². The second-order valence-corrected chi connectivity index (χ2v) is 6.33. The lowest BCUT2D eigenvalue weighted by molar-refractivity contribution is 0.756. The predicted octanol–water partition coefficient (Wildman–Crippen LogP) is 4.69. The fourth-order valence-electron chi connectivity index (χ4n) is 2.83. The molecule has 1 N–H and O–H groups in total. The third kappa shape index (κ3) is 4.44. The molecule has 4 heteroatoms. The van der Waals surface area contributed by atoms with Crippen molar-refractivity contribution in [2.45, 2.75) is 47.5 Å². The average Bonchev–Trinajstić information content (AvgIpc) is 2.48. The lowest BCUT2D eigenvalue weighted by Gasteiger charge is -2.20. The van der Waals surface area contributed by atoms with Crippen LogP contribution in [0.1, 0.15) is 42.3 Å². The van der Waals surface area contributed by atoms with Crippen LogP contribution in [0.3, 0.4) is 0 Å². The summed E-state index contributed by atoms with van der Waals surface area (Å²) in [5, 5.41) is 3.48. The summed E-state index contributed by atoms with van der Waals surface area (Å²) in [6.45, 7) is 11.5. The van der Waals surface area contributed by atoms with E-state index in [1.54, 1.807) is 0 Å². The van der Waals surface area contributed by atoms with Crippen LogP contribution < -0.4 is 10.2 Å². The zero-order chi connectivity index (χ0) is 17.0. The number of nitrogens with zero attached hydrogens (tertiary/aromatic N) is 3. The van der Waals surface area contributed by atoms with Gasteiger partial charge in [-0.3, -0.25) is 0 Å². The van der Waals surface area contributed by atoms with Gasteiger partial charge in [0, 0.05) is 25.3 Å². The molecule has 0 atom stereocenters. The van der Waals surface area contributed by atoms with Gasteiger partial charge in [0.15, 0.2) is 0 Å². The Labute approximate surface area is 140 Å². The lowest BCUT2D eigenvalue weighted by Crippen LogP contribution is -2.20. The smallest absolute Gasteiger partial charge is 0.136 e. The van der Waals surface area contributed by atoms with Gasteiger partial charge >= 0.3 is 0 Å². The molecule has 0 aliphatic heterocycles. The van der Waals surface area contributed by atoms with Crippen LogP contribution in [0.25, 0.3) is 0 Å². The van der Waals surface area contributed by atoms with Gasteiger partial charge in [0.05, 0.1) is 0 Å². The first-order valence-corrected chi connectivity index (χ1v) is 8.32. The van der Waals surface area contributed by atoms with Crippen molar-refractivity contribution in [2.24, 2.45) is 0 Å².